The van der Waals surface area contributed by atoms with E-state index in [0.717, 1.165) is 6.07 Å². The Kier molecular flexibility index (Phi) is 5.86. The Morgan fingerprint density at radius 1 is 0.929 bits per heavy atom. The Labute approximate surface area is 165 Å². The normalized spacial score (nSPS) is 10.2. The zero-order chi connectivity index (χ0) is 20.1. The summed E-state index contributed by atoms with van der Waals surface area (Å²) < 4.78 is 18.3. The molecule has 6 nitrogen and oxygen atoms in total. The van der Waals surface area contributed by atoms with Crippen LogP contribution in [0.1, 0.15) is 21.0 Å². The molecule has 1 heterocycles. The minimum atomic E-state index is -0.588. The van der Waals surface area contributed by atoms with Crippen molar-refractivity contribution in [1.82, 2.24) is 4.98 Å². The van der Waals surface area contributed by atoms with Crippen molar-refractivity contribution in [3.05, 3.63) is 82.9 Å². The number of amides is 2. The van der Waals surface area contributed by atoms with Crippen molar-refractivity contribution in [2.75, 3.05) is 17.7 Å². The zero-order valence-corrected chi connectivity index (χ0v) is 15.5. The molecule has 8 heteroatoms. The van der Waals surface area contributed by atoms with E-state index in [2.05, 4.69) is 15.6 Å². The van der Waals surface area contributed by atoms with E-state index in [0.29, 0.717) is 17.1 Å². The maximum absolute atomic E-state index is 13.2. The van der Waals surface area contributed by atoms with Gasteiger partial charge in [-0.25, -0.2) is 9.37 Å². The second kappa shape index (κ2) is 8.49. The van der Waals surface area contributed by atoms with Crippen molar-refractivity contribution in [3.63, 3.8) is 0 Å². The zero-order valence-electron chi connectivity index (χ0n) is 14.7. The van der Waals surface area contributed by atoms with E-state index >= 15 is 0 Å². The fraction of sp³-hybridized carbons (Fsp3) is 0.0500. The molecule has 0 saturated heterocycles. The maximum Gasteiger partial charge on any atom is 0.274 e. The van der Waals surface area contributed by atoms with Gasteiger partial charge in [0.05, 0.1) is 12.1 Å². The van der Waals surface area contributed by atoms with Crippen LogP contribution in [-0.4, -0.2) is 23.9 Å². The van der Waals surface area contributed by atoms with Crippen LogP contribution < -0.4 is 15.4 Å². The number of nitrogens with zero attached hydrogens (tertiary/aromatic N) is 1. The number of hydrogen-bond donors (Lipinski definition) is 2. The summed E-state index contributed by atoms with van der Waals surface area (Å²) in [5, 5.41) is 5.14. The fourth-order valence-corrected chi connectivity index (χ4v) is 2.51. The first-order valence-electron chi connectivity index (χ1n) is 8.15. The molecule has 0 atom stereocenters. The lowest BCUT2D eigenvalue weighted by Crippen LogP contribution is -2.18. The van der Waals surface area contributed by atoms with Crippen molar-refractivity contribution in [1.29, 1.82) is 0 Å². The highest BCUT2D eigenvalue weighted by molar-refractivity contribution is 6.31. The second-order valence-corrected chi connectivity index (χ2v) is 6.08. The summed E-state index contributed by atoms with van der Waals surface area (Å²) in [6.45, 7) is 0. The highest BCUT2D eigenvalue weighted by Gasteiger charge is 2.13. The third-order valence-electron chi connectivity index (χ3n) is 3.74. The molecule has 3 rings (SSSR count). The number of methoxy groups -OCH3 is 1. The van der Waals surface area contributed by atoms with Gasteiger partial charge in [0.2, 0.25) is 0 Å². The topological polar surface area (TPSA) is 80.3 Å². The average Bonchev–Trinajstić information content (AvgIpc) is 2.71. The van der Waals surface area contributed by atoms with Crippen LogP contribution in [0.25, 0.3) is 0 Å². The molecule has 0 unspecified atom stereocenters. The van der Waals surface area contributed by atoms with Crippen LogP contribution in [-0.2, 0) is 0 Å². The summed E-state index contributed by atoms with van der Waals surface area (Å²) in [5.41, 5.74) is 0.970. The monoisotopic (exact) mass is 399 g/mol. The van der Waals surface area contributed by atoms with Crippen molar-refractivity contribution < 1.29 is 18.7 Å². The SMILES string of the molecule is COc1ccc(NC(=O)c2cccc(C(=O)Nc3ccc(F)c(Cl)c3)n2)cc1. The molecule has 0 aliphatic heterocycles. The van der Waals surface area contributed by atoms with Gasteiger partial charge < -0.3 is 15.4 Å². The van der Waals surface area contributed by atoms with Gasteiger partial charge in [-0.3, -0.25) is 9.59 Å². The fourth-order valence-electron chi connectivity index (χ4n) is 2.33. The van der Waals surface area contributed by atoms with Gasteiger partial charge in [-0.2, -0.15) is 0 Å². The summed E-state index contributed by atoms with van der Waals surface area (Å²) in [5.74, 6) is -0.947. The van der Waals surface area contributed by atoms with E-state index in [1.165, 1.54) is 24.3 Å². The number of rotatable bonds is 5. The predicted molar refractivity (Wildman–Crippen MR) is 105 cm³/mol. The number of nitrogens with one attached hydrogen (secondary N) is 2. The highest BCUT2D eigenvalue weighted by atomic mass is 35.5. The van der Waals surface area contributed by atoms with E-state index in [1.807, 2.05) is 0 Å². The van der Waals surface area contributed by atoms with Crippen molar-refractivity contribution >= 4 is 34.8 Å². The number of carbonyl (C=O) groups is 2. The number of halogens is 2. The number of ether oxygens (including phenoxy) is 1. The van der Waals surface area contributed by atoms with Gasteiger partial charge in [-0.1, -0.05) is 17.7 Å². The lowest BCUT2D eigenvalue weighted by Gasteiger charge is -2.08. The summed E-state index contributed by atoms with van der Waals surface area (Å²) in [6.07, 6.45) is 0. The second-order valence-electron chi connectivity index (χ2n) is 5.67. The van der Waals surface area contributed by atoms with E-state index in [9.17, 15) is 14.0 Å². The molecule has 0 aliphatic rings. The third-order valence-corrected chi connectivity index (χ3v) is 4.03. The number of pyridine rings is 1. The molecule has 0 radical (unpaired) electrons. The molecular formula is C20H15ClFN3O3. The molecule has 28 heavy (non-hydrogen) atoms. The summed E-state index contributed by atoms with van der Waals surface area (Å²) in [7, 11) is 1.55. The quantitative estimate of drug-likeness (QED) is 0.667. The predicted octanol–water partition coefficient (Wildman–Crippen LogP) is 4.39. The smallest absolute Gasteiger partial charge is 0.274 e. The van der Waals surface area contributed by atoms with Crippen LogP contribution >= 0.6 is 11.6 Å². The van der Waals surface area contributed by atoms with Crippen LogP contribution in [0.4, 0.5) is 15.8 Å². The molecule has 0 fully saturated rings. The summed E-state index contributed by atoms with van der Waals surface area (Å²) in [4.78, 5) is 28.8. The van der Waals surface area contributed by atoms with Gasteiger partial charge in [0.15, 0.2) is 0 Å². The molecule has 1 aromatic heterocycles. The van der Waals surface area contributed by atoms with Gasteiger partial charge in [0.1, 0.15) is 23.0 Å². The molecule has 0 saturated carbocycles. The number of anilines is 2. The molecule has 0 aliphatic carbocycles. The Bertz CT molecular complexity index is 1030. The van der Waals surface area contributed by atoms with Crippen molar-refractivity contribution in [2.24, 2.45) is 0 Å². The Balaban J connectivity index is 1.72. The first kappa shape index (κ1) is 19.3. The van der Waals surface area contributed by atoms with Crippen LogP contribution in [0.5, 0.6) is 5.75 Å². The highest BCUT2D eigenvalue weighted by Crippen LogP contribution is 2.20. The van der Waals surface area contributed by atoms with Gasteiger partial charge in [0, 0.05) is 11.4 Å². The lowest BCUT2D eigenvalue weighted by atomic mass is 10.2. The van der Waals surface area contributed by atoms with Crippen LogP contribution in [0.2, 0.25) is 5.02 Å². The maximum atomic E-state index is 13.2. The minimum absolute atomic E-state index is 0.0304. The van der Waals surface area contributed by atoms with Crippen molar-refractivity contribution in [2.45, 2.75) is 0 Å². The standard InChI is InChI=1S/C20H15ClFN3O3/c1-28-14-8-5-12(6-9-14)23-19(26)17-3-2-4-18(25-17)20(27)24-13-7-10-16(22)15(21)11-13/h2-11H,1H3,(H,23,26)(H,24,27). The number of benzene rings is 2. The van der Waals surface area contributed by atoms with Gasteiger partial charge in [-0.15, -0.1) is 0 Å². The molecule has 2 aromatic carbocycles. The Morgan fingerprint density at radius 3 is 2.07 bits per heavy atom. The van der Waals surface area contributed by atoms with Crippen molar-refractivity contribution in [3.8, 4) is 5.75 Å². The Morgan fingerprint density at radius 2 is 1.50 bits per heavy atom. The van der Waals surface area contributed by atoms with E-state index in [4.69, 9.17) is 16.3 Å². The Hall–Kier alpha value is -3.45. The third kappa shape index (κ3) is 4.63. The van der Waals surface area contributed by atoms with E-state index < -0.39 is 17.6 Å². The van der Waals surface area contributed by atoms with Crippen LogP contribution in [0.15, 0.2) is 60.7 Å². The first-order valence-corrected chi connectivity index (χ1v) is 8.53. The molecule has 2 amide bonds. The minimum Gasteiger partial charge on any atom is -0.497 e. The lowest BCUT2D eigenvalue weighted by molar-refractivity contribution is 0.101. The molecule has 2 N–H and O–H groups in total. The molecule has 0 spiro atoms. The van der Waals surface area contributed by atoms with Crippen LogP contribution in [0, 0.1) is 5.82 Å². The average molecular weight is 400 g/mol. The molecule has 142 valence electrons. The molecule has 3 aromatic rings. The number of aromatic nitrogens is 1. The van der Waals surface area contributed by atoms with Gasteiger partial charge in [-0.05, 0) is 54.6 Å². The summed E-state index contributed by atoms with van der Waals surface area (Å²) in [6, 6.07) is 15.1. The van der Waals surface area contributed by atoms with Gasteiger partial charge in [0.25, 0.3) is 11.8 Å². The van der Waals surface area contributed by atoms with Gasteiger partial charge >= 0.3 is 0 Å². The van der Waals surface area contributed by atoms with Crippen LogP contribution in [0.3, 0.4) is 0 Å². The first-order chi connectivity index (χ1) is 13.5. The summed E-state index contributed by atoms with van der Waals surface area (Å²) >= 11 is 5.70. The number of carbonyl (C=O) groups excluding carboxylic acids is 2. The molecular weight excluding hydrogens is 385 g/mol. The van der Waals surface area contributed by atoms with E-state index in [-0.39, 0.29) is 16.4 Å². The largest absolute Gasteiger partial charge is 0.497 e. The number of hydrogen-bond acceptors (Lipinski definition) is 4. The van der Waals surface area contributed by atoms with E-state index in [1.54, 1.807) is 37.4 Å². The molecule has 0 bridgehead atoms.